The van der Waals surface area contributed by atoms with E-state index in [2.05, 4.69) is 34.5 Å². The van der Waals surface area contributed by atoms with Crippen LogP contribution in [0.15, 0.2) is 30.3 Å². The zero-order chi connectivity index (χ0) is 15.8. The number of likely N-dealkylation sites (tertiary alicyclic amines) is 1. The van der Waals surface area contributed by atoms with Gasteiger partial charge >= 0.3 is 5.97 Å². The minimum atomic E-state index is -0.422. The number of hydrogen-bond acceptors (Lipinski definition) is 4. The maximum Gasteiger partial charge on any atom is 0.312 e. The molecule has 4 heteroatoms. The molecule has 1 aromatic rings. The van der Waals surface area contributed by atoms with Gasteiger partial charge < -0.3 is 10.1 Å². The van der Waals surface area contributed by atoms with Crippen molar-refractivity contribution < 1.29 is 9.53 Å². The molecule has 1 aromatic carbocycles. The van der Waals surface area contributed by atoms with E-state index < -0.39 is 5.60 Å². The summed E-state index contributed by atoms with van der Waals surface area (Å²) in [5.41, 5.74) is 0.799. The van der Waals surface area contributed by atoms with Crippen LogP contribution in [0, 0.1) is 5.92 Å². The van der Waals surface area contributed by atoms with Gasteiger partial charge in [-0.15, -0.1) is 0 Å². The van der Waals surface area contributed by atoms with Crippen LogP contribution in [-0.2, 0) is 16.1 Å². The maximum absolute atomic E-state index is 12.6. The van der Waals surface area contributed by atoms with Crippen LogP contribution in [0.5, 0.6) is 0 Å². The van der Waals surface area contributed by atoms with E-state index in [0.717, 1.165) is 32.6 Å². The van der Waals surface area contributed by atoms with Crippen LogP contribution in [0.25, 0.3) is 0 Å². The molecular formula is C18H26N2O2. The van der Waals surface area contributed by atoms with Crippen LogP contribution in [0.4, 0.5) is 0 Å². The zero-order valence-electron chi connectivity index (χ0n) is 13.8. The molecule has 4 nitrogen and oxygen atoms in total. The van der Waals surface area contributed by atoms with E-state index in [1.807, 2.05) is 26.8 Å². The highest BCUT2D eigenvalue weighted by atomic mass is 16.6. The van der Waals surface area contributed by atoms with Crippen molar-refractivity contribution in [2.45, 2.75) is 44.9 Å². The third-order valence-corrected chi connectivity index (χ3v) is 4.60. The predicted molar refractivity (Wildman–Crippen MR) is 86.4 cm³/mol. The van der Waals surface area contributed by atoms with Gasteiger partial charge in [-0.2, -0.15) is 0 Å². The Kier molecular flexibility index (Phi) is 4.00. The van der Waals surface area contributed by atoms with Crippen molar-refractivity contribution in [3.8, 4) is 0 Å². The highest BCUT2D eigenvalue weighted by Gasteiger charge is 2.54. The number of carbonyl (C=O) groups excluding carboxylic acids is 1. The summed E-state index contributed by atoms with van der Waals surface area (Å²) in [5.74, 6) is -0.126. The normalized spacial score (nSPS) is 28.6. The lowest BCUT2D eigenvalue weighted by Gasteiger charge is -2.43. The van der Waals surface area contributed by atoms with Gasteiger partial charge in [0, 0.05) is 25.2 Å². The Morgan fingerprint density at radius 3 is 2.59 bits per heavy atom. The molecule has 1 spiro atoms. The molecule has 2 atom stereocenters. The van der Waals surface area contributed by atoms with Crippen LogP contribution in [0.2, 0.25) is 0 Å². The van der Waals surface area contributed by atoms with E-state index in [1.54, 1.807) is 0 Å². The van der Waals surface area contributed by atoms with Crippen molar-refractivity contribution in [2.24, 2.45) is 5.92 Å². The van der Waals surface area contributed by atoms with E-state index in [9.17, 15) is 4.79 Å². The number of hydrogen-bond donors (Lipinski definition) is 1. The summed E-state index contributed by atoms with van der Waals surface area (Å²) in [4.78, 5) is 14.9. The molecule has 0 amide bonds. The van der Waals surface area contributed by atoms with E-state index in [1.165, 1.54) is 5.56 Å². The number of nitrogens with zero attached hydrogens (tertiary/aromatic N) is 1. The van der Waals surface area contributed by atoms with Crippen molar-refractivity contribution in [1.29, 1.82) is 0 Å². The van der Waals surface area contributed by atoms with Gasteiger partial charge in [0.25, 0.3) is 0 Å². The molecule has 2 aliphatic heterocycles. The van der Waals surface area contributed by atoms with Gasteiger partial charge in [-0.25, -0.2) is 0 Å². The third-order valence-electron chi connectivity index (χ3n) is 4.60. The molecule has 0 unspecified atom stereocenters. The number of benzene rings is 1. The first kappa shape index (κ1) is 15.5. The predicted octanol–water partition coefficient (Wildman–Crippen LogP) is 2.19. The largest absolute Gasteiger partial charge is 0.460 e. The van der Waals surface area contributed by atoms with Crippen LogP contribution in [-0.4, -0.2) is 41.6 Å². The molecule has 2 fully saturated rings. The molecule has 2 saturated heterocycles. The fraction of sp³-hybridized carbons (Fsp3) is 0.611. The molecule has 0 aromatic heterocycles. The molecule has 120 valence electrons. The minimum absolute atomic E-state index is 0.0599. The molecule has 0 radical (unpaired) electrons. The molecule has 1 N–H and O–H groups in total. The summed E-state index contributed by atoms with van der Waals surface area (Å²) in [6, 6.07) is 10.4. The average molecular weight is 302 g/mol. The van der Waals surface area contributed by atoms with Crippen molar-refractivity contribution >= 4 is 5.97 Å². The molecule has 0 aliphatic carbocycles. The van der Waals surface area contributed by atoms with Crippen LogP contribution in [0.3, 0.4) is 0 Å². The molecule has 0 bridgehead atoms. The second-order valence-electron chi connectivity index (χ2n) is 7.57. The van der Waals surface area contributed by atoms with Crippen LogP contribution in [0.1, 0.15) is 32.8 Å². The first-order valence-electron chi connectivity index (χ1n) is 8.12. The first-order valence-corrected chi connectivity index (χ1v) is 8.12. The second-order valence-corrected chi connectivity index (χ2v) is 7.57. The Morgan fingerprint density at radius 2 is 2.05 bits per heavy atom. The number of esters is 1. The Morgan fingerprint density at radius 1 is 1.36 bits per heavy atom. The van der Waals surface area contributed by atoms with E-state index in [4.69, 9.17) is 4.74 Å². The zero-order valence-corrected chi connectivity index (χ0v) is 13.8. The summed E-state index contributed by atoms with van der Waals surface area (Å²) < 4.78 is 5.65. The van der Waals surface area contributed by atoms with Crippen LogP contribution < -0.4 is 5.32 Å². The standard InChI is InChI=1S/C18H26N2O2/c1-17(2,3)22-16(21)15-12-20(13-18(15)9-10-19-18)11-14-7-5-4-6-8-14/h4-8,15,19H,9-13H2,1-3H3/t15-,18+/m1/s1. The Balaban J connectivity index is 1.69. The lowest BCUT2D eigenvalue weighted by Crippen LogP contribution is -2.64. The summed E-state index contributed by atoms with van der Waals surface area (Å²) >= 11 is 0. The highest BCUT2D eigenvalue weighted by molar-refractivity contribution is 5.76. The van der Waals surface area contributed by atoms with Crippen molar-refractivity contribution in [2.75, 3.05) is 19.6 Å². The van der Waals surface area contributed by atoms with Crippen molar-refractivity contribution in [1.82, 2.24) is 10.2 Å². The van der Waals surface area contributed by atoms with Gasteiger partial charge in [0.2, 0.25) is 0 Å². The Bertz CT molecular complexity index is 532. The maximum atomic E-state index is 12.6. The van der Waals surface area contributed by atoms with Crippen LogP contribution >= 0.6 is 0 Å². The molecule has 2 aliphatic rings. The molecule has 0 saturated carbocycles. The van der Waals surface area contributed by atoms with Crippen molar-refractivity contribution in [3.63, 3.8) is 0 Å². The van der Waals surface area contributed by atoms with E-state index >= 15 is 0 Å². The SMILES string of the molecule is CC(C)(C)OC(=O)[C@H]1CN(Cc2ccccc2)C[C@@]12CCN2. The topological polar surface area (TPSA) is 41.6 Å². The number of carbonyl (C=O) groups is 1. The first-order chi connectivity index (χ1) is 10.4. The van der Waals surface area contributed by atoms with E-state index in [-0.39, 0.29) is 17.4 Å². The molecule has 3 rings (SSSR count). The Labute approximate surface area is 132 Å². The van der Waals surface area contributed by atoms with E-state index in [0.29, 0.717) is 0 Å². The van der Waals surface area contributed by atoms with Gasteiger partial charge in [0.15, 0.2) is 0 Å². The summed E-state index contributed by atoms with van der Waals surface area (Å²) in [5, 5.41) is 3.51. The molecular weight excluding hydrogens is 276 g/mol. The monoisotopic (exact) mass is 302 g/mol. The lowest BCUT2D eigenvalue weighted by atomic mass is 9.78. The van der Waals surface area contributed by atoms with Crippen molar-refractivity contribution in [3.05, 3.63) is 35.9 Å². The summed E-state index contributed by atoms with van der Waals surface area (Å²) in [6.45, 7) is 9.39. The molecule has 2 heterocycles. The van der Waals surface area contributed by atoms with Gasteiger partial charge in [0.05, 0.1) is 5.92 Å². The number of nitrogens with one attached hydrogen (secondary N) is 1. The summed E-state index contributed by atoms with van der Waals surface area (Å²) in [6.07, 6.45) is 1.06. The highest BCUT2D eigenvalue weighted by Crippen LogP contribution is 2.37. The fourth-order valence-electron chi connectivity index (χ4n) is 3.52. The smallest absolute Gasteiger partial charge is 0.312 e. The quantitative estimate of drug-likeness (QED) is 0.869. The second kappa shape index (κ2) is 5.67. The average Bonchev–Trinajstić information content (AvgIpc) is 2.78. The molecule has 22 heavy (non-hydrogen) atoms. The third kappa shape index (κ3) is 3.18. The minimum Gasteiger partial charge on any atom is -0.460 e. The fourth-order valence-corrected chi connectivity index (χ4v) is 3.52. The lowest BCUT2D eigenvalue weighted by molar-refractivity contribution is -0.162. The Hall–Kier alpha value is -1.39. The van der Waals surface area contributed by atoms with Gasteiger partial charge in [-0.1, -0.05) is 30.3 Å². The number of ether oxygens (including phenoxy) is 1. The van der Waals surface area contributed by atoms with Gasteiger partial charge in [0.1, 0.15) is 5.60 Å². The number of rotatable bonds is 3. The van der Waals surface area contributed by atoms with Gasteiger partial charge in [-0.05, 0) is 39.3 Å². The van der Waals surface area contributed by atoms with Gasteiger partial charge in [-0.3, -0.25) is 9.69 Å². The summed E-state index contributed by atoms with van der Waals surface area (Å²) in [7, 11) is 0.